The van der Waals surface area contributed by atoms with Gasteiger partial charge in [-0.1, -0.05) is 24.3 Å². The highest BCUT2D eigenvalue weighted by Crippen LogP contribution is 2.28. The zero-order valence-corrected chi connectivity index (χ0v) is 16.4. The maximum absolute atomic E-state index is 12.4. The number of benzene rings is 3. The van der Waals surface area contributed by atoms with E-state index >= 15 is 0 Å². The molecule has 0 aliphatic rings. The Hall–Kier alpha value is -4.46. The van der Waals surface area contributed by atoms with E-state index in [0.29, 0.717) is 17.1 Å². The number of carbonyl (C=O) groups is 1. The fourth-order valence-electron chi connectivity index (χ4n) is 3.23. The van der Waals surface area contributed by atoms with E-state index in [1.165, 1.54) is 24.4 Å². The molecule has 0 radical (unpaired) electrons. The lowest BCUT2D eigenvalue weighted by Gasteiger charge is -2.05. The van der Waals surface area contributed by atoms with E-state index in [2.05, 4.69) is 10.5 Å². The van der Waals surface area contributed by atoms with Gasteiger partial charge < -0.3 is 9.52 Å². The van der Waals surface area contributed by atoms with E-state index in [-0.39, 0.29) is 17.0 Å². The first-order chi connectivity index (χ1) is 14.9. The van der Waals surface area contributed by atoms with Crippen LogP contribution in [0.15, 0.2) is 76.2 Å². The lowest BCUT2D eigenvalue weighted by atomic mass is 10.1. The SMILES string of the molecule is Cc1cc([N+](=O)[O-])ccc1-c1ccc(C=NNC(=O)c2cc3ccccc3cc2O)o1. The van der Waals surface area contributed by atoms with Crippen molar-refractivity contribution in [3.8, 4) is 17.1 Å². The number of hydrogen-bond acceptors (Lipinski definition) is 6. The summed E-state index contributed by atoms with van der Waals surface area (Å²) in [6, 6.07) is 18.4. The number of phenolic OH excluding ortho intramolecular Hbond substituents is 1. The van der Waals surface area contributed by atoms with E-state index in [1.807, 2.05) is 24.3 Å². The summed E-state index contributed by atoms with van der Waals surface area (Å²) in [4.78, 5) is 22.8. The standard InChI is InChI=1S/C23H17N3O5/c1-14-10-17(26(29)30)6-8-19(14)22-9-7-18(31-22)13-24-25-23(28)20-11-15-4-2-3-5-16(15)12-21(20)27/h2-13,27H,1H3,(H,25,28). The van der Waals surface area contributed by atoms with E-state index in [0.717, 1.165) is 16.3 Å². The van der Waals surface area contributed by atoms with Gasteiger partial charge in [-0.2, -0.15) is 5.10 Å². The molecule has 0 atom stereocenters. The molecule has 0 bridgehead atoms. The Morgan fingerprint density at radius 3 is 2.55 bits per heavy atom. The summed E-state index contributed by atoms with van der Waals surface area (Å²) in [7, 11) is 0. The second-order valence-corrected chi connectivity index (χ2v) is 6.87. The number of aryl methyl sites for hydroxylation is 1. The van der Waals surface area contributed by atoms with E-state index in [1.54, 1.807) is 31.2 Å². The van der Waals surface area contributed by atoms with Crippen molar-refractivity contribution in [2.75, 3.05) is 0 Å². The molecule has 0 saturated heterocycles. The van der Waals surface area contributed by atoms with Crippen molar-refractivity contribution in [2.45, 2.75) is 6.92 Å². The van der Waals surface area contributed by atoms with Gasteiger partial charge in [0, 0.05) is 17.7 Å². The molecule has 4 aromatic rings. The maximum atomic E-state index is 12.4. The molecule has 3 aromatic carbocycles. The average molecular weight is 415 g/mol. The molecular formula is C23H17N3O5. The summed E-state index contributed by atoms with van der Waals surface area (Å²) in [6.07, 6.45) is 1.33. The van der Waals surface area contributed by atoms with Gasteiger partial charge in [-0.15, -0.1) is 0 Å². The first kappa shape index (κ1) is 19.8. The molecule has 31 heavy (non-hydrogen) atoms. The zero-order valence-electron chi connectivity index (χ0n) is 16.4. The first-order valence-corrected chi connectivity index (χ1v) is 9.33. The van der Waals surface area contributed by atoms with Crippen LogP contribution in [0.2, 0.25) is 0 Å². The van der Waals surface area contributed by atoms with Gasteiger partial charge in [0.1, 0.15) is 17.3 Å². The fraction of sp³-hybridized carbons (Fsp3) is 0.0435. The van der Waals surface area contributed by atoms with Crippen molar-refractivity contribution in [3.05, 3.63) is 93.7 Å². The van der Waals surface area contributed by atoms with Gasteiger partial charge in [-0.3, -0.25) is 14.9 Å². The maximum Gasteiger partial charge on any atom is 0.275 e. The summed E-state index contributed by atoms with van der Waals surface area (Å²) in [5, 5.41) is 26.5. The number of rotatable bonds is 5. The molecule has 0 saturated carbocycles. The number of aromatic hydroxyl groups is 1. The quantitative estimate of drug-likeness (QED) is 0.276. The lowest BCUT2D eigenvalue weighted by molar-refractivity contribution is -0.384. The highest BCUT2D eigenvalue weighted by Gasteiger charge is 2.13. The van der Waals surface area contributed by atoms with E-state index in [4.69, 9.17) is 4.42 Å². The van der Waals surface area contributed by atoms with Crippen LogP contribution in [-0.4, -0.2) is 22.2 Å². The topological polar surface area (TPSA) is 118 Å². The van der Waals surface area contributed by atoms with Gasteiger partial charge in [0.25, 0.3) is 11.6 Å². The van der Waals surface area contributed by atoms with Crippen LogP contribution in [-0.2, 0) is 0 Å². The molecule has 0 fully saturated rings. The van der Waals surface area contributed by atoms with Crippen LogP contribution in [0, 0.1) is 17.0 Å². The van der Waals surface area contributed by atoms with Crippen LogP contribution in [0.3, 0.4) is 0 Å². The molecular weight excluding hydrogens is 398 g/mol. The molecule has 8 nitrogen and oxygen atoms in total. The van der Waals surface area contributed by atoms with Gasteiger partial charge in [0.05, 0.1) is 16.7 Å². The summed E-state index contributed by atoms with van der Waals surface area (Å²) in [6.45, 7) is 1.76. The van der Waals surface area contributed by atoms with Crippen molar-refractivity contribution in [3.63, 3.8) is 0 Å². The van der Waals surface area contributed by atoms with Crippen LogP contribution in [0.4, 0.5) is 5.69 Å². The van der Waals surface area contributed by atoms with Crippen molar-refractivity contribution in [1.29, 1.82) is 0 Å². The molecule has 2 N–H and O–H groups in total. The van der Waals surface area contributed by atoms with Gasteiger partial charge in [0.2, 0.25) is 0 Å². The van der Waals surface area contributed by atoms with Crippen molar-refractivity contribution in [1.82, 2.24) is 5.43 Å². The Balaban J connectivity index is 1.48. The largest absolute Gasteiger partial charge is 0.507 e. The Morgan fingerprint density at radius 2 is 1.84 bits per heavy atom. The monoisotopic (exact) mass is 415 g/mol. The van der Waals surface area contributed by atoms with Crippen LogP contribution in [0.1, 0.15) is 21.7 Å². The third kappa shape index (κ3) is 4.13. The molecule has 1 aromatic heterocycles. The lowest BCUT2D eigenvalue weighted by Crippen LogP contribution is -2.17. The number of fused-ring (bicyclic) bond motifs is 1. The number of non-ortho nitro benzene ring substituents is 1. The summed E-state index contributed by atoms with van der Waals surface area (Å²) < 4.78 is 5.70. The predicted molar refractivity (Wildman–Crippen MR) is 116 cm³/mol. The minimum atomic E-state index is -0.558. The number of phenols is 1. The van der Waals surface area contributed by atoms with Crippen LogP contribution < -0.4 is 5.43 Å². The highest BCUT2D eigenvalue weighted by atomic mass is 16.6. The number of nitro groups is 1. The number of furan rings is 1. The van der Waals surface area contributed by atoms with Gasteiger partial charge in [-0.05, 0) is 53.6 Å². The highest BCUT2D eigenvalue weighted by molar-refractivity contribution is 6.01. The Morgan fingerprint density at radius 1 is 1.10 bits per heavy atom. The molecule has 0 aliphatic carbocycles. The third-order valence-corrected chi connectivity index (χ3v) is 4.78. The summed E-state index contributed by atoms with van der Waals surface area (Å²) >= 11 is 0. The molecule has 0 spiro atoms. The number of carbonyl (C=O) groups excluding carboxylic acids is 1. The van der Waals surface area contributed by atoms with Gasteiger partial charge >= 0.3 is 0 Å². The first-order valence-electron chi connectivity index (χ1n) is 9.33. The number of hydrazone groups is 1. The van der Waals surface area contributed by atoms with E-state index in [9.17, 15) is 20.0 Å². The van der Waals surface area contributed by atoms with Gasteiger partial charge in [-0.25, -0.2) is 5.43 Å². The van der Waals surface area contributed by atoms with Crippen molar-refractivity contribution in [2.24, 2.45) is 5.10 Å². The number of amides is 1. The second-order valence-electron chi connectivity index (χ2n) is 6.87. The van der Waals surface area contributed by atoms with E-state index < -0.39 is 10.8 Å². The average Bonchev–Trinajstić information content (AvgIpc) is 3.21. The Labute approximate surface area is 176 Å². The Bertz CT molecular complexity index is 1340. The van der Waals surface area contributed by atoms with Crippen LogP contribution in [0.5, 0.6) is 5.75 Å². The summed E-state index contributed by atoms with van der Waals surface area (Å²) in [5.74, 6) is 0.209. The van der Waals surface area contributed by atoms with Crippen molar-refractivity contribution >= 4 is 28.6 Å². The number of nitro benzene ring substituents is 1. The molecule has 1 heterocycles. The van der Waals surface area contributed by atoms with Crippen LogP contribution in [0.25, 0.3) is 22.1 Å². The minimum Gasteiger partial charge on any atom is -0.507 e. The fourth-order valence-corrected chi connectivity index (χ4v) is 3.23. The zero-order chi connectivity index (χ0) is 22.0. The van der Waals surface area contributed by atoms with Gasteiger partial charge in [0.15, 0.2) is 0 Å². The normalized spacial score (nSPS) is 11.1. The molecule has 0 unspecified atom stereocenters. The molecule has 8 heteroatoms. The van der Waals surface area contributed by atoms with Crippen LogP contribution >= 0.6 is 0 Å². The molecule has 4 rings (SSSR count). The molecule has 154 valence electrons. The number of nitrogens with one attached hydrogen (secondary N) is 1. The second kappa shape index (κ2) is 8.11. The minimum absolute atomic E-state index is 0.00856. The molecule has 0 aliphatic heterocycles. The smallest absolute Gasteiger partial charge is 0.275 e. The third-order valence-electron chi connectivity index (χ3n) is 4.78. The van der Waals surface area contributed by atoms with Crippen molar-refractivity contribution < 1.29 is 19.2 Å². The molecule has 1 amide bonds. The summed E-state index contributed by atoms with van der Waals surface area (Å²) in [5.41, 5.74) is 3.91. The number of nitrogens with zero attached hydrogens (tertiary/aromatic N) is 2. The Kier molecular flexibility index (Phi) is 5.19. The predicted octanol–water partition coefficient (Wildman–Crippen LogP) is 4.79. The number of hydrogen-bond donors (Lipinski definition) is 2.